The van der Waals surface area contributed by atoms with Crippen LogP contribution in [0.25, 0.3) is 0 Å². The van der Waals surface area contributed by atoms with Crippen molar-refractivity contribution >= 4 is 10.1 Å². The maximum atomic E-state index is 12.6. The first-order valence-corrected chi connectivity index (χ1v) is 16.4. The van der Waals surface area contributed by atoms with Crippen LogP contribution in [0.15, 0.2) is 121 Å². The molecule has 0 N–H and O–H groups in total. The topological polar surface area (TPSA) is 89.5 Å². The highest BCUT2D eigenvalue weighted by molar-refractivity contribution is 7.86. The Morgan fingerprint density at radius 3 is 1.41 bits per heavy atom. The highest BCUT2D eigenvalue weighted by Gasteiger charge is 2.50. The van der Waals surface area contributed by atoms with Crippen molar-refractivity contribution in [2.45, 2.75) is 57.1 Å². The third-order valence-corrected chi connectivity index (χ3v) is 7.67. The van der Waals surface area contributed by atoms with Crippen LogP contribution in [-0.2, 0) is 64.4 Å². The van der Waals surface area contributed by atoms with E-state index in [1.165, 1.54) is 0 Å². The number of benzene rings is 4. The lowest BCUT2D eigenvalue weighted by molar-refractivity contribution is -0.315. The Kier molecular flexibility index (Phi) is 11.7. The third-order valence-electron chi connectivity index (χ3n) is 7.10. The Hall–Kier alpha value is -3.41. The minimum atomic E-state index is -3.94. The van der Waals surface area contributed by atoms with Gasteiger partial charge in [0, 0.05) is 0 Å². The first-order valence-electron chi connectivity index (χ1n) is 14.6. The van der Waals surface area contributed by atoms with E-state index < -0.39 is 40.8 Å². The molecule has 0 aliphatic carbocycles. The summed E-state index contributed by atoms with van der Waals surface area (Å²) in [6, 6.07) is 38.8. The van der Waals surface area contributed by atoms with Crippen molar-refractivity contribution in [2.24, 2.45) is 0 Å². The average Bonchev–Trinajstić information content (AvgIpc) is 3.04. The molecule has 0 spiro atoms. The molecule has 4 aromatic carbocycles. The summed E-state index contributed by atoms with van der Waals surface area (Å²) in [6.07, 6.45) is -3.53. The van der Waals surface area contributed by atoms with Gasteiger partial charge in [0.1, 0.15) is 18.3 Å². The van der Waals surface area contributed by atoms with Crippen molar-refractivity contribution in [1.29, 1.82) is 0 Å². The van der Waals surface area contributed by atoms with E-state index in [0.717, 1.165) is 28.5 Å². The summed E-state index contributed by atoms with van der Waals surface area (Å²) >= 11 is 0. The van der Waals surface area contributed by atoms with Gasteiger partial charge in [0.2, 0.25) is 0 Å². The van der Waals surface area contributed by atoms with Crippen LogP contribution < -0.4 is 0 Å². The zero-order valence-electron chi connectivity index (χ0n) is 24.6. The molecule has 9 heteroatoms. The molecule has 1 heterocycles. The van der Waals surface area contributed by atoms with Crippen LogP contribution in [0.3, 0.4) is 0 Å². The zero-order valence-corrected chi connectivity index (χ0v) is 25.5. The Labute approximate surface area is 259 Å². The van der Waals surface area contributed by atoms with Gasteiger partial charge in [-0.2, -0.15) is 8.42 Å². The molecule has 1 saturated heterocycles. The minimum Gasteiger partial charge on any atom is -0.374 e. The average molecular weight is 619 g/mol. The van der Waals surface area contributed by atoms with Gasteiger partial charge in [0.05, 0.1) is 39.3 Å². The molecular formula is C35H38O8S. The predicted octanol–water partition coefficient (Wildman–Crippen LogP) is 5.66. The van der Waals surface area contributed by atoms with Crippen molar-refractivity contribution in [2.75, 3.05) is 12.9 Å². The predicted molar refractivity (Wildman–Crippen MR) is 166 cm³/mol. The molecule has 44 heavy (non-hydrogen) atoms. The molecule has 0 radical (unpaired) electrons. The van der Waals surface area contributed by atoms with Gasteiger partial charge >= 0.3 is 0 Å². The summed E-state index contributed by atoms with van der Waals surface area (Å²) in [5.74, 6) is 0. The summed E-state index contributed by atoms with van der Waals surface area (Å²) in [6.45, 7) is 1.13. The van der Waals surface area contributed by atoms with Crippen molar-refractivity contribution in [3.05, 3.63) is 144 Å². The molecule has 1 aliphatic rings. The summed E-state index contributed by atoms with van der Waals surface area (Å²) in [5, 5.41) is 0. The van der Waals surface area contributed by atoms with Gasteiger partial charge in [-0.05, 0) is 22.3 Å². The van der Waals surface area contributed by atoms with E-state index in [9.17, 15) is 8.42 Å². The van der Waals surface area contributed by atoms with Crippen LogP contribution in [0.4, 0.5) is 0 Å². The maximum Gasteiger partial charge on any atom is 0.264 e. The molecule has 0 unspecified atom stereocenters. The molecule has 1 fully saturated rings. The smallest absolute Gasteiger partial charge is 0.264 e. The summed E-state index contributed by atoms with van der Waals surface area (Å²) in [4.78, 5) is 0. The van der Waals surface area contributed by atoms with Crippen LogP contribution in [0.2, 0.25) is 0 Å². The van der Waals surface area contributed by atoms with E-state index in [1.807, 2.05) is 121 Å². The van der Waals surface area contributed by atoms with Crippen LogP contribution >= 0.6 is 0 Å². The van der Waals surface area contributed by atoms with Crippen molar-refractivity contribution < 1.29 is 36.3 Å². The normalized spacial score (nSPS) is 22.1. The molecule has 8 nitrogen and oxygen atoms in total. The fraction of sp³-hybridized carbons (Fsp3) is 0.314. The maximum absolute atomic E-state index is 12.6. The highest BCUT2D eigenvalue weighted by atomic mass is 32.2. The lowest BCUT2D eigenvalue weighted by Gasteiger charge is -2.45. The number of hydrogen-bond donors (Lipinski definition) is 0. The van der Waals surface area contributed by atoms with E-state index in [-0.39, 0.29) is 26.4 Å². The highest BCUT2D eigenvalue weighted by Crippen LogP contribution is 2.32. The quantitative estimate of drug-likeness (QED) is 0.158. The Morgan fingerprint density at radius 2 is 0.955 bits per heavy atom. The van der Waals surface area contributed by atoms with Crippen LogP contribution in [0, 0.1) is 0 Å². The lowest BCUT2D eigenvalue weighted by Crippen LogP contribution is -2.62. The molecule has 0 bridgehead atoms. The van der Waals surface area contributed by atoms with Crippen molar-refractivity contribution in [3.8, 4) is 0 Å². The fourth-order valence-corrected chi connectivity index (χ4v) is 5.60. The van der Waals surface area contributed by atoms with Crippen molar-refractivity contribution in [1.82, 2.24) is 0 Å². The first-order chi connectivity index (χ1) is 21.4. The van der Waals surface area contributed by atoms with Gasteiger partial charge in [-0.25, -0.2) is 0 Å². The molecule has 0 amide bonds. The number of hydrogen-bond acceptors (Lipinski definition) is 8. The van der Waals surface area contributed by atoms with Gasteiger partial charge in [-0.3, -0.25) is 4.18 Å². The molecule has 0 saturated carbocycles. The third kappa shape index (κ3) is 9.80. The van der Waals surface area contributed by atoms with Crippen LogP contribution in [0.1, 0.15) is 22.3 Å². The van der Waals surface area contributed by atoms with E-state index in [1.54, 1.807) is 0 Å². The van der Waals surface area contributed by atoms with Gasteiger partial charge in [-0.1, -0.05) is 121 Å². The molecule has 0 aromatic heterocycles. The molecule has 5 rings (SSSR count). The molecule has 1 aliphatic heterocycles. The van der Waals surface area contributed by atoms with E-state index >= 15 is 0 Å². The second-order valence-corrected chi connectivity index (χ2v) is 12.2. The first kappa shape index (κ1) is 32.0. The Balaban J connectivity index is 1.44. The van der Waals surface area contributed by atoms with E-state index in [2.05, 4.69) is 0 Å². The zero-order chi connectivity index (χ0) is 30.6. The Morgan fingerprint density at radius 1 is 0.545 bits per heavy atom. The second kappa shape index (κ2) is 16.1. The van der Waals surface area contributed by atoms with E-state index in [4.69, 9.17) is 27.9 Å². The second-order valence-electron chi connectivity index (χ2n) is 10.6. The standard InChI is InChI=1S/C35H38O8S/c1-44(36,37)43-34-33(40-24-29-18-10-4-11-19-29)32(39-23-28-16-8-3-9-17-28)31(26-38-22-27-14-6-2-7-15-27)42-35(34)41-25-30-20-12-5-13-21-30/h2-21,31-35H,22-26H2,1H3/t31-,32-,33+,34+,35+/m1/s1. The lowest BCUT2D eigenvalue weighted by atomic mass is 9.98. The number of ether oxygens (including phenoxy) is 5. The molecular weight excluding hydrogens is 580 g/mol. The van der Waals surface area contributed by atoms with Crippen LogP contribution in [-0.4, -0.2) is 52.0 Å². The van der Waals surface area contributed by atoms with Crippen LogP contribution in [0.5, 0.6) is 0 Å². The number of rotatable bonds is 15. The summed E-state index contributed by atoms with van der Waals surface area (Å²) < 4.78 is 62.6. The minimum absolute atomic E-state index is 0.149. The fourth-order valence-electron chi connectivity index (χ4n) is 5.00. The SMILES string of the molecule is CS(=O)(=O)O[C@@H]1[C@@H](OCc2ccccc2)O[C@H](COCc2ccccc2)[C@@H](OCc2ccccc2)[C@@H]1OCc1ccccc1. The molecule has 5 atom stereocenters. The van der Waals surface area contributed by atoms with Gasteiger partial charge in [-0.15, -0.1) is 0 Å². The Bertz CT molecular complexity index is 1490. The summed E-state index contributed by atoms with van der Waals surface area (Å²) in [5.41, 5.74) is 3.77. The molecule has 4 aromatic rings. The van der Waals surface area contributed by atoms with E-state index in [0.29, 0.717) is 6.61 Å². The summed E-state index contributed by atoms with van der Waals surface area (Å²) in [7, 11) is -3.94. The molecule has 232 valence electrons. The monoisotopic (exact) mass is 618 g/mol. The van der Waals surface area contributed by atoms with Gasteiger partial charge < -0.3 is 23.7 Å². The van der Waals surface area contributed by atoms with Gasteiger partial charge in [0.15, 0.2) is 12.4 Å². The largest absolute Gasteiger partial charge is 0.374 e. The van der Waals surface area contributed by atoms with Crippen molar-refractivity contribution in [3.63, 3.8) is 0 Å². The van der Waals surface area contributed by atoms with Gasteiger partial charge in [0.25, 0.3) is 10.1 Å².